The van der Waals surface area contributed by atoms with Crippen LogP contribution >= 0.6 is 0 Å². The van der Waals surface area contributed by atoms with Gasteiger partial charge in [0.1, 0.15) is 6.04 Å². The molecule has 0 spiro atoms. The van der Waals surface area contributed by atoms with E-state index in [0.29, 0.717) is 29.4 Å². The maximum atomic E-state index is 13.5. The van der Waals surface area contributed by atoms with E-state index in [2.05, 4.69) is 12.2 Å². The van der Waals surface area contributed by atoms with E-state index in [1.54, 1.807) is 24.3 Å². The maximum Gasteiger partial charge on any atom is 0.262 e. The third-order valence-electron chi connectivity index (χ3n) is 7.52. The van der Waals surface area contributed by atoms with E-state index in [-0.39, 0.29) is 23.8 Å². The Bertz CT molecular complexity index is 983. The Labute approximate surface area is 182 Å². The highest BCUT2D eigenvalue weighted by molar-refractivity contribution is 6.22. The summed E-state index contributed by atoms with van der Waals surface area (Å²) in [6.07, 6.45) is 5.32. The molecule has 2 aromatic rings. The van der Waals surface area contributed by atoms with E-state index in [0.717, 1.165) is 11.5 Å². The van der Waals surface area contributed by atoms with Crippen LogP contribution in [0.15, 0.2) is 54.6 Å². The standard InChI is InChI=1S/C26H28N2O3/c1-16(22-14-18-11-12-19(22)13-18)27-24(29)23(15-17-7-3-2-4-8-17)28-25(30)20-9-5-6-10-21(20)26(28)31/h2-10,16,18-19,22-23H,11-15H2,1H3,(H,27,29)/t16?,18?,19?,22?,23-/m0/s1. The third kappa shape index (κ3) is 3.56. The van der Waals surface area contributed by atoms with Crippen LogP contribution in [0.1, 0.15) is 58.9 Å². The van der Waals surface area contributed by atoms with E-state index in [1.807, 2.05) is 30.3 Å². The topological polar surface area (TPSA) is 66.5 Å². The number of rotatable bonds is 6. The molecular formula is C26H28N2O3. The van der Waals surface area contributed by atoms with E-state index in [9.17, 15) is 14.4 Å². The number of carbonyl (C=O) groups is 3. The summed E-state index contributed by atoms with van der Waals surface area (Å²) < 4.78 is 0. The van der Waals surface area contributed by atoms with Gasteiger partial charge in [0.2, 0.25) is 5.91 Å². The fourth-order valence-corrected chi connectivity index (χ4v) is 5.96. The van der Waals surface area contributed by atoms with Gasteiger partial charge >= 0.3 is 0 Å². The summed E-state index contributed by atoms with van der Waals surface area (Å²) in [5, 5.41) is 3.19. The first-order valence-electron chi connectivity index (χ1n) is 11.3. The second-order valence-corrected chi connectivity index (χ2v) is 9.37. The van der Waals surface area contributed by atoms with Gasteiger partial charge in [-0.3, -0.25) is 19.3 Å². The fraction of sp³-hybridized carbons (Fsp3) is 0.423. The molecule has 4 unspecified atom stereocenters. The molecule has 5 heteroatoms. The van der Waals surface area contributed by atoms with Crippen molar-refractivity contribution in [1.29, 1.82) is 0 Å². The molecule has 2 aliphatic carbocycles. The highest BCUT2D eigenvalue weighted by Gasteiger charge is 2.45. The monoisotopic (exact) mass is 416 g/mol. The second kappa shape index (κ2) is 7.95. The highest BCUT2D eigenvalue weighted by Crippen LogP contribution is 2.49. The summed E-state index contributed by atoms with van der Waals surface area (Å²) >= 11 is 0. The predicted octanol–water partition coefficient (Wildman–Crippen LogP) is 3.83. The van der Waals surface area contributed by atoms with E-state index >= 15 is 0 Å². The van der Waals surface area contributed by atoms with Gasteiger partial charge in [0.05, 0.1) is 11.1 Å². The lowest BCUT2D eigenvalue weighted by atomic mass is 9.84. The van der Waals surface area contributed by atoms with Gasteiger partial charge in [-0.2, -0.15) is 0 Å². The second-order valence-electron chi connectivity index (χ2n) is 9.37. The minimum atomic E-state index is -0.865. The number of amides is 3. The smallest absolute Gasteiger partial charge is 0.262 e. The lowest BCUT2D eigenvalue weighted by Gasteiger charge is -2.32. The summed E-state index contributed by atoms with van der Waals surface area (Å²) in [7, 11) is 0. The number of nitrogens with zero attached hydrogens (tertiary/aromatic N) is 1. The first kappa shape index (κ1) is 20.0. The van der Waals surface area contributed by atoms with Crippen LogP contribution in [-0.4, -0.2) is 34.7 Å². The van der Waals surface area contributed by atoms with Gasteiger partial charge in [-0.15, -0.1) is 0 Å². The minimum absolute atomic E-state index is 0.0382. The molecule has 1 aliphatic heterocycles. The molecule has 31 heavy (non-hydrogen) atoms. The predicted molar refractivity (Wildman–Crippen MR) is 117 cm³/mol. The molecule has 1 heterocycles. The Morgan fingerprint density at radius 2 is 1.61 bits per heavy atom. The van der Waals surface area contributed by atoms with Crippen LogP contribution < -0.4 is 5.32 Å². The lowest BCUT2D eigenvalue weighted by molar-refractivity contribution is -0.126. The molecule has 160 valence electrons. The minimum Gasteiger partial charge on any atom is -0.352 e. The lowest BCUT2D eigenvalue weighted by Crippen LogP contribution is -2.53. The molecule has 2 aromatic carbocycles. The van der Waals surface area contributed by atoms with Crippen LogP contribution in [0.5, 0.6) is 0 Å². The van der Waals surface area contributed by atoms with Crippen LogP contribution in [0.25, 0.3) is 0 Å². The summed E-state index contributed by atoms with van der Waals surface area (Å²) in [6, 6.07) is 15.6. The molecule has 0 aromatic heterocycles. The van der Waals surface area contributed by atoms with Crippen molar-refractivity contribution < 1.29 is 14.4 Å². The number of hydrogen-bond acceptors (Lipinski definition) is 3. The van der Waals surface area contributed by atoms with Crippen molar-refractivity contribution in [2.75, 3.05) is 0 Å². The first-order chi connectivity index (χ1) is 15.0. The number of fused-ring (bicyclic) bond motifs is 3. The highest BCUT2D eigenvalue weighted by atomic mass is 16.2. The Balaban J connectivity index is 1.40. The molecule has 2 saturated carbocycles. The number of hydrogen-bond donors (Lipinski definition) is 1. The fourth-order valence-electron chi connectivity index (χ4n) is 5.96. The van der Waals surface area contributed by atoms with Crippen molar-refractivity contribution in [3.05, 3.63) is 71.3 Å². The van der Waals surface area contributed by atoms with Gasteiger partial charge in [0.15, 0.2) is 0 Å². The number of nitrogens with one attached hydrogen (secondary N) is 1. The van der Waals surface area contributed by atoms with E-state index < -0.39 is 6.04 Å². The quantitative estimate of drug-likeness (QED) is 0.728. The van der Waals surface area contributed by atoms with Crippen LogP contribution in [0.4, 0.5) is 0 Å². The molecule has 5 rings (SSSR count). The Morgan fingerprint density at radius 3 is 2.19 bits per heavy atom. The molecule has 5 nitrogen and oxygen atoms in total. The Hall–Kier alpha value is -2.95. The summed E-state index contributed by atoms with van der Waals surface area (Å²) in [5.74, 6) is 0.960. The molecule has 3 amide bonds. The van der Waals surface area contributed by atoms with Crippen molar-refractivity contribution >= 4 is 17.7 Å². The third-order valence-corrected chi connectivity index (χ3v) is 7.52. The molecule has 5 atom stereocenters. The zero-order valence-corrected chi connectivity index (χ0v) is 17.8. The van der Waals surface area contributed by atoms with Crippen molar-refractivity contribution in [2.45, 2.75) is 51.1 Å². The van der Waals surface area contributed by atoms with Gasteiger partial charge in [0, 0.05) is 12.5 Å². The van der Waals surface area contributed by atoms with Gasteiger partial charge in [-0.1, -0.05) is 48.9 Å². The van der Waals surface area contributed by atoms with Gasteiger partial charge in [-0.05, 0) is 61.6 Å². The number of benzene rings is 2. The maximum absolute atomic E-state index is 13.5. The van der Waals surface area contributed by atoms with Crippen LogP contribution in [0, 0.1) is 17.8 Å². The molecule has 0 radical (unpaired) electrons. The molecular weight excluding hydrogens is 388 g/mol. The number of imide groups is 1. The average molecular weight is 417 g/mol. The molecule has 3 aliphatic rings. The van der Waals surface area contributed by atoms with Crippen molar-refractivity contribution in [3.8, 4) is 0 Å². The van der Waals surface area contributed by atoms with Crippen molar-refractivity contribution in [3.63, 3.8) is 0 Å². The zero-order chi connectivity index (χ0) is 21.5. The number of carbonyl (C=O) groups excluding carboxylic acids is 3. The summed E-state index contributed by atoms with van der Waals surface area (Å²) in [6.45, 7) is 2.07. The molecule has 2 bridgehead atoms. The zero-order valence-electron chi connectivity index (χ0n) is 17.8. The van der Waals surface area contributed by atoms with E-state index in [1.165, 1.54) is 30.6 Å². The first-order valence-corrected chi connectivity index (χ1v) is 11.3. The summed E-state index contributed by atoms with van der Waals surface area (Å²) in [5.41, 5.74) is 1.67. The SMILES string of the molecule is CC(NC(=O)[C@H](Cc1ccccc1)N1C(=O)c2ccccc2C1=O)C1CC2CCC1C2. The van der Waals surface area contributed by atoms with Crippen molar-refractivity contribution in [1.82, 2.24) is 10.2 Å². The van der Waals surface area contributed by atoms with Crippen molar-refractivity contribution in [2.24, 2.45) is 17.8 Å². The van der Waals surface area contributed by atoms with Crippen LogP contribution in [-0.2, 0) is 11.2 Å². The Kier molecular flexibility index (Phi) is 5.12. The van der Waals surface area contributed by atoms with Gasteiger partial charge in [0.25, 0.3) is 11.8 Å². The summed E-state index contributed by atoms with van der Waals surface area (Å²) in [4.78, 5) is 40.9. The normalized spacial score (nSPS) is 26.1. The molecule has 2 fully saturated rings. The average Bonchev–Trinajstić information content (AvgIpc) is 3.48. The van der Waals surface area contributed by atoms with Crippen LogP contribution in [0.3, 0.4) is 0 Å². The van der Waals surface area contributed by atoms with E-state index in [4.69, 9.17) is 0 Å². The molecule has 0 saturated heterocycles. The van der Waals surface area contributed by atoms with Gasteiger partial charge < -0.3 is 5.32 Å². The van der Waals surface area contributed by atoms with Crippen LogP contribution in [0.2, 0.25) is 0 Å². The largest absolute Gasteiger partial charge is 0.352 e. The molecule has 1 N–H and O–H groups in total. The van der Waals surface area contributed by atoms with Gasteiger partial charge in [-0.25, -0.2) is 0 Å². The Morgan fingerprint density at radius 1 is 0.968 bits per heavy atom.